The second-order valence-corrected chi connectivity index (χ2v) is 8.89. The molecule has 0 amide bonds. The van der Waals surface area contributed by atoms with E-state index in [4.69, 9.17) is 0 Å². The topological polar surface area (TPSA) is 52.0 Å². The fraction of sp³-hybridized carbons (Fsp3) is 0. The molecule has 0 radical (unpaired) electrons. The average molecular weight is 409 g/mol. The van der Waals surface area contributed by atoms with Gasteiger partial charge in [-0.1, -0.05) is 0 Å². The Morgan fingerprint density at radius 1 is 1.08 bits per heavy atom. The van der Waals surface area contributed by atoms with Gasteiger partial charge < -0.3 is 0 Å². The predicted molar refractivity (Wildman–Crippen MR) is 99.0 cm³/mol. The van der Waals surface area contributed by atoms with Crippen molar-refractivity contribution in [1.82, 2.24) is 9.55 Å². The van der Waals surface area contributed by atoms with Crippen molar-refractivity contribution in [2.45, 2.75) is 0 Å². The van der Waals surface area contributed by atoms with Crippen LogP contribution in [-0.2, 0) is 0 Å². The monoisotopic (exact) mass is 410 g/mol. The van der Waals surface area contributed by atoms with Gasteiger partial charge in [0.05, 0.1) is 0 Å². The van der Waals surface area contributed by atoms with Crippen LogP contribution in [0.25, 0.3) is 21.5 Å². The number of Topliss-reactive ketones (excluding diaryl/α,β-unsaturated/α-hetero) is 2. The molecule has 0 fully saturated rings. The van der Waals surface area contributed by atoms with E-state index in [0.717, 1.165) is 19.9 Å². The fourth-order valence-corrected chi connectivity index (χ4v) is 5.86. The summed E-state index contributed by atoms with van der Waals surface area (Å²) in [5.41, 5.74) is 1.90. The van der Waals surface area contributed by atoms with Gasteiger partial charge in [0, 0.05) is 0 Å². The molecule has 0 bridgehead atoms. The molecule has 5 rings (SSSR count). The molecule has 0 aliphatic heterocycles. The Labute approximate surface area is 152 Å². The van der Waals surface area contributed by atoms with Crippen molar-refractivity contribution >= 4 is 54.4 Å². The number of carbonyl (C=O) groups is 2. The van der Waals surface area contributed by atoms with Gasteiger partial charge in [0.1, 0.15) is 0 Å². The zero-order valence-corrected chi connectivity index (χ0v) is 15.3. The second-order valence-electron chi connectivity index (χ2n) is 5.68. The third kappa shape index (κ3) is 2.23. The van der Waals surface area contributed by atoms with E-state index >= 15 is 0 Å². The van der Waals surface area contributed by atoms with Gasteiger partial charge in [-0.05, 0) is 0 Å². The van der Waals surface area contributed by atoms with Crippen LogP contribution in [0.15, 0.2) is 59.9 Å². The van der Waals surface area contributed by atoms with E-state index in [1.54, 1.807) is 23.7 Å². The molecule has 0 aromatic carbocycles. The Bertz CT molecular complexity index is 1160. The quantitative estimate of drug-likeness (QED) is 0.289. The number of fused-ring (bicyclic) bond motifs is 2. The van der Waals surface area contributed by atoms with Crippen LogP contribution in [0.2, 0.25) is 0 Å². The molecular formula is C19H10N2O2SSe. The van der Waals surface area contributed by atoms with E-state index in [1.165, 1.54) is 11.3 Å². The number of hydrogen-bond donors (Lipinski definition) is 0. The summed E-state index contributed by atoms with van der Waals surface area (Å²) in [6.45, 7) is 0. The first kappa shape index (κ1) is 14.8. The van der Waals surface area contributed by atoms with Crippen molar-refractivity contribution in [3.8, 4) is 4.56 Å². The minimum absolute atomic E-state index is 0.0331. The zero-order valence-electron chi connectivity index (χ0n) is 12.8. The summed E-state index contributed by atoms with van der Waals surface area (Å²) in [5, 5.41) is 2.94. The Morgan fingerprint density at radius 3 is 2.88 bits per heavy atom. The van der Waals surface area contributed by atoms with Crippen molar-refractivity contribution in [3.63, 3.8) is 0 Å². The maximum atomic E-state index is 12.4. The van der Waals surface area contributed by atoms with Gasteiger partial charge in [-0.15, -0.1) is 0 Å². The van der Waals surface area contributed by atoms with Gasteiger partial charge in [-0.3, -0.25) is 0 Å². The summed E-state index contributed by atoms with van der Waals surface area (Å²) < 4.78 is 4.31. The van der Waals surface area contributed by atoms with E-state index in [0.29, 0.717) is 16.0 Å². The number of allylic oxidation sites excluding steroid dienone is 1. The van der Waals surface area contributed by atoms with Crippen LogP contribution in [0, 0.1) is 0 Å². The number of ketones is 2. The van der Waals surface area contributed by atoms with Gasteiger partial charge in [-0.2, -0.15) is 0 Å². The van der Waals surface area contributed by atoms with Crippen LogP contribution < -0.4 is 0 Å². The molecule has 4 aromatic rings. The third-order valence-corrected chi connectivity index (χ3v) is 7.31. The van der Waals surface area contributed by atoms with Crippen LogP contribution >= 0.6 is 11.3 Å². The molecule has 0 atom stereocenters. The van der Waals surface area contributed by atoms with E-state index in [2.05, 4.69) is 21.7 Å². The molecule has 4 aromatic heterocycles. The van der Waals surface area contributed by atoms with Gasteiger partial charge in [0.2, 0.25) is 0 Å². The molecule has 4 heterocycles. The van der Waals surface area contributed by atoms with Crippen molar-refractivity contribution < 1.29 is 9.59 Å². The molecule has 0 unspecified atom stereocenters. The Balaban J connectivity index is 1.55. The Hall–Kier alpha value is -2.53. The third-order valence-electron chi connectivity index (χ3n) is 4.24. The molecule has 1 aliphatic rings. The molecule has 4 nitrogen and oxygen atoms in total. The van der Waals surface area contributed by atoms with Crippen molar-refractivity contribution in [2.75, 3.05) is 0 Å². The Morgan fingerprint density at radius 2 is 2.00 bits per heavy atom. The number of thiophene rings is 1. The first-order chi connectivity index (χ1) is 12.2. The van der Waals surface area contributed by atoms with E-state index in [-0.39, 0.29) is 26.1 Å². The van der Waals surface area contributed by atoms with Crippen molar-refractivity contribution in [2.24, 2.45) is 0 Å². The van der Waals surface area contributed by atoms with E-state index < -0.39 is 0 Å². The van der Waals surface area contributed by atoms with E-state index in [1.807, 2.05) is 24.5 Å². The number of hydrogen-bond acceptors (Lipinski definition) is 4. The maximum absolute atomic E-state index is 12.4. The van der Waals surface area contributed by atoms with Gasteiger partial charge >= 0.3 is 153 Å². The van der Waals surface area contributed by atoms with Crippen LogP contribution in [0.3, 0.4) is 0 Å². The van der Waals surface area contributed by atoms with Gasteiger partial charge in [-0.25, -0.2) is 0 Å². The van der Waals surface area contributed by atoms with Crippen LogP contribution in [0.5, 0.6) is 0 Å². The minimum atomic E-state index is -0.151. The fourth-order valence-electron chi connectivity index (χ4n) is 3.02. The number of pyridine rings is 1. The molecule has 0 saturated carbocycles. The zero-order chi connectivity index (χ0) is 17.0. The van der Waals surface area contributed by atoms with Gasteiger partial charge in [0.15, 0.2) is 0 Å². The Kier molecular flexibility index (Phi) is 3.25. The van der Waals surface area contributed by atoms with Crippen molar-refractivity contribution in [3.05, 3.63) is 74.8 Å². The molecule has 25 heavy (non-hydrogen) atoms. The predicted octanol–water partition coefficient (Wildman–Crippen LogP) is 3.61. The molecular weight excluding hydrogens is 399 g/mol. The standard InChI is InChI=1S/C19H10N2O2SSe/c22-17-13-5-8-24-19(13)18(23)14(17)9-12-1-2-16(25-12)21-7-4-11-3-6-20-10-15(11)21/h1-10H/b14-9+. The van der Waals surface area contributed by atoms with Crippen LogP contribution in [-0.4, -0.2) is 35.6 Å². The first-order valence-electron chi connectivity index (χ1n) is 7.62. The number of nitrogens with zero attached hydrogens (tertiary/aromatic N) is 2. The summed E-state index contributed by atoms with van der Waals surface area (Å²) in [5.74, 6) is -0.294. The summed E-state index contributed by atoms with van der Waals surface area (Å²) in [6, 6.07) is 9.83. The molecule has 0 N–H and O–H groups in total. The molecule has 0 saturated heterocycles. The second kappa shape index (κ2) is 5.49. The molecule has 1 aliphatic carbocycles. The molecule has 0 spiro atoms. The van der Waals surface area contributed by atoms with Crippen LogP contribution in [0.4, 0.5) is 0 Å². The first-order valence-corrected chi connectivity index (χ1v) is 10.2. The average Bonchev–Trinajstić information content (AvgIpc) is 3.38. The molecule has 120 valence electrons. The van der Waals surface area contributed by atoms with E-state index in [9.17, 15) is 9.59 Å². The number of aromatic nitrogens is 2. The SMILES string of the molecule is O=C1/C(=C\c2ccc(-n3ccc4ccncc43)[se]2)C(=O)c2sccc21. The normalized spacial score (nSPS) is 15.4. The summed E-state index contributed by atoms with van der Waals surface area (Å²) in [7, 11) is 0. The van der Waals surface area contributed by atoms with Crippen LogP contribution in [0.1, 0.15) is 24.5 Å². The van der Waals surface area contributed by atoms with Crippen molar-refractivity contribution in [1.29, 1.82) is 0 Å². The number of carbonyl (C=O) groups excluding carboxylic acids is 2. The summed E-state index contributed by atoms with van der Waals surface area (Å²) >= 11 is 1.37. The summed E-state index contributed by atoms with van der Waals surface area (Å²) in [6.07, 6.45) is 7.44. The molecule has 6 heteroatoms. The van der Waals surface area contributed by atoms with Gasteiger partial charge in [0.25, 0.3) is 0 Å². The summed E-state index contributed by atoms with van der Waals surface area (Å²) in [4.78, 5) is 29.6. The number of rotatable bonds is 2.